The number of hydrogen-bond acceptors (Lipinski definition) is 2. The molecular weight excluding hydrogens is 821 g/mol. The van der Waals surface area contributed by atoms with Crippen molar-refractivity contribution in [3.8, 4) is 55.6 Å². The number of hydrogen-bond donors (Lipinski definition) is 0. The van der Waals surface area contributed by atoms with Crippen molar-refractivity contribution in [2.75, 3.05) is 9.80 Å². The Morgan fingerprint density at radius 3 is 0.897 bits per heavy atom. The van der Waals surface area contributed by atoms with E-state index in [4.69, 9.17) is 0 Å². The van der Waals surface area contributed by atoms with Gasteiger partial charge in [0.1, 0.15) is 0 Å². The minimum Gasteiger partial charge on any atom is -0.314 e. The molecular formula is C66H50N2. The summed E-state index contributed by atoms with van der Waals surface area (Å²) in [5, 5.41) is 0. The molecule has 0 saturated heterocycles. The van der Waals surface area contributed by atoms with Crippen LogP contribution in [0.2, 0.25) is 0 Å². The Bertz CT molecular complexity index is 3140. The van der Waals surface area contributed by atoms with Gasteiger partial charge >= 0.3 is 0 Å². The predicted molar refractivity (Wildman–Crippen MR) is 289 cm³/mol. The van der Waals surface area contributed by atoms with Crippen LogP contribution in [0.25, 0.3) is 61.2 Å². The van der Waals surface area contributed by atoms with Crippen LogP contribution in [0.1, 0.15) is 18.4 Å². The molecule has 1 aliphatic rings. The maximum atomic E-state index is 2.42. The summed E-state index contributed by atoms with van der Waals surface area (Å²) in [6, 6.07) is 96.2. The summed E-state index contributed by atoms with van der Waals surface area (Å²) in [5.74, 6) is 0. The van der Waals surface area contributed by atoms with Crippen LogP contribution in [0.15, 0.2) is 285 Å². The van der Waals surface area contributed by atoms with E-state index in [1.54, 1.807) is 0 Å². The molecule has 0 aliphatic heterocycles. The zero-order valence-corrected chi connectivity index (χ0v) is 37.9. The second kappa shape index (κ2) is 19.4. The normalized spacial score (nSPS) is 12.2. The Labute approximate surface area is 400 Å². The van der Waals surface area contributed by atoms with Gasteiger partial charge in [-0.1, -0.05) is 218 Å². The number of benzene rings is 10. The lowest BCUT2D eigenvalue weighted by Gasteiger charge is -2.30. The lowest BCUT2D eigenvalue weighted by Crippen LogP contribution is -2.17. The van der Waals surface area contributed by atoms with E-state index in [-0.39, 0.29) is 0 Å². The highest BCUT2D eigenvalue weighted by Gasteiger charge is 2.21. The van der Waals surface area contributed by atoms with Gasteiger partial charge in [-0.25, -0.2) is 0 Å². The molecule has 68 heavy (non-hydrogen) atoms. The molecule has 0 atom stereocenters. The van der Waals surface area contributed by atoms with Crippen molar-refractivity contribution in [2.45, 2.75) is 12.8 Å². The second-order valence-corrected chi connectivity index (χ2v) is 17.3. The van der Waals surface area contributed by atoms with Crippen molar-refractivity contribution in [1.82, 2.24) is 0 Å². The van der Waals surface area contributed by atoms with E-state index in [1.165, 1.54) is 72.5 Å². The molecule has 0 amide bonds. The largest absolute Gasteiger partial charge is 0.314 e. The molecule has 11 rings (SSSR count). The van der Waals surface area contributed by atoms with Gasteiger partial charge in [0.05, 0.1) is 5.69 Å². The van der Waals surface area contributed by atoms with Crippen LogP contribution >= 0.6 is 0 Å². The Balaban J connectivity index is 0.904. The molecule has 0 spiro atoms. The number of nitrogens with zero attached hydrogens (tertiary/aromatic N) is 2. The van der Waals surface area contributed by atoms with E-state index >= 15 is 0 Å². The fraction of sp³-hybridized carbons (Fsp3) is 0.0303. The van der Waals surface area contributed by atoms with Crippen molar-refractivity contribution < 1.29 is 0 Å². The van der Waals surface area contributed by atoms with Crippen LogP contribution in [0.4, 0.5) is 28.4 Å². The first-order valence-electron chi connectivity index (χ1n) is 23.5. The number of rotatable bonds is 12. The molecule has 324 valence electrons. The van der Waals surface area contributed by atoms with Crippen molar-refractivity contribution in [3.05, 3.63) is 290 Å². The molecule has 2 heteroatoms. The topological polar surface area (TPSA) is 6.48 Å². The Kier molecular flexibility index (Phi) is 12.0. The zero-order chi connectivity index (χ0) is 45.5. The number of para-hydroxylation sites is 1. The highest BCUT2D eigenvalue weighted by molar-refractivity contribution is 5.89. The van der Waals surface area contributed by atoms with Crippen molar-refractivity contribution >= 4 is 34.0 Å². The highest BCUT2D eigenvalue weighted by Crippen LogP contribution is 2.43. The molecule has 0 aromatic heterocycles. The predicted octanol–water partition coefficient (Wildman–Crippen LogP) is 18.4. The van der Waals surface area contributed by atoms with Gasteiger partial charge in [0.2, 0.25) is 0 Å². The second-order valence-electron chi connectivity index (χ2n) is 17.3. The third kappa shape index (κ3) is 8.96. The summed E-state index contributed by atoms with van der Waals surface area (Å²) in [4.78, 5) is 4.81. The molecule has 0 heterocycles. The average molecular weight is 871 g/mol. The van der Waals surface area contributed by atoms with Gasteiger partial charge in [-0.3, -0.25) is 0 Å². The molecule has 0 N–H and O–H groups in total. The minimum absolute atomic E-state index is 0.915. The molecule has 10 aromatic rings. The first-order chi connectivity index (χ1) is 33.7. The Morgan fingerprint density at radius 2 is 0.529 bits per heavy atom. The quantitative estimate of drug-likeness (QED) is 0.121. The van der Waals surface area contributed by atoms with Crippen molar-refractivity contribution in [2.24, 2.45) is 0 Å². The molecule has 2 nitrogen and oxygen atoms in total. The smallest absolute Gasteiger partial charge is 0.0540 e. The molecule has 0 unspecified atom stereocenters. The maximum Gasteiger partial charge on any atom is 0.0540 e. The van der Waals surface area contributed by atoms with Gasteiger partial charge in [0.25, 0.3) is 0 Å². The third-order valence-electron chi connectivity index (χ3n) is 13.1. The lowest BCUT2D eigenvalue weighted by atomic mass is 9.93. The van der Waals surface area contributed by atoms with Gasteiger partial charge in [0, 0.05) is 34.0 Å². The molecule has 0 radical (unpaired) electrons. The maximum absolute atomic E-state index is 2.42. The lowest BCUT2D eigenvalue weighted by molar-refractivity contribution is 0.930. The van der Waals surface area contributed by atoms with Crippen molar-refractivity contribution in [3.63, 3.8) is 0 Å². The van der Waals surface area contributed by atoms with E-state index in [9.17, 15) is 0 Å². The minimum atomic E-state index is 0.915. The average Bonchev–Trinajstić information content (AvgIpc) is 3.43. The number of allylic oxidation sites excluding steroid dienone is 4. The summed E-state index contributed by atoms with van der Waals surface area (Å²) in [6.45, 7) is 0. The fourth-order valence-corrected chi connectivity index (χ4v) is 9.47. The van der Waals surface area contributed by atoms with E-state index in [0.29, 0.717) is 0 Å². The summed E-state index contributed by atoms with van der Waals surface area (Å²) >= 11 is 0. The third-order valence-corrected chi connectivity index (χ3v) is 13.1. The molecule has 1 aliphatic carbocycles. The first kappa shape index (κ1) is 41.9. The van der Waals surface area contributed by atoms with E-state index in [1.807, 2.05) is 0 Å². The Morgan fingerprint density at radius 1 is 0.221 bits per heavy atom. The van der Waals surface area contributed by atoms with Gasteiger partial charge in [-0.05, 0) is 135 Å². The van der Waals surface area contributed by atoms with E-state index < -0.39 is 0 Å². The summed E-state index contributed by atoms with van der Waals surface area (Å²) in [5.41, 5.74) is 21.5. The summed E-state index contributed by atoms with van der Waals surface area (Å²) in [7, 11) is 0. The SMILES string of the molecule is C1=C(c2ccc(-c3ccccc3N(c3ccc(-c4ccccc4)cc3)c3ccc(-c4ccccc4)cc3)cc2)CCC(N(c2ccc(-c3ccccc3)cc2)c2ccc(-c3ccccc3)cc2)=C1. The monoisotopic (exact) mass is 870 g/mol. The van der Waals surface area contributed by atoms with Crippen LogP contribution in [-0.2, 0) is 0 Å². The van der Waals surface area contributed by atoms with Crippen LogP contribution in [-0.4, -0.2) is 0 Å². The standard InChI is InChI=1S/C66H50N2/c1-5-15-49(16-6-1)54-29-39-60(40-30-54)67(61-41-31-55(32-42-61)50-17-7-2-8-18-50)62-43-33-58(34-44-62)53-25-27-59(28-26-53)65-23-13-14-24-66(65)68(63-45-35-56(36-46-63)51-19-9-3-10-20-51)64-47-37-57(38-48-64)52-21-11-4-12-22-52/h1-33,35-43,45-48H,34,44H2. The van der Waals surface area contributed by atoms with Gasteiger partial charge in [-0.2, -0.15) is 0 Å². The molecule has 0 bridgehead atoms. The van der Waals surface area contributed by atoms with Crippen LogP contribution in [0.5, 0.6) is 0 Å². The van der Waals surface area contributed by atoms with Crippen LogP contribution < -0.4 is 9.80 Å². The molecule has 0 fully saturated rings. The first-order valence-corrected chi connectivity index (χ1v) is 23.5. The van der Waals surface area contributed by atoms with E-state index in [0.717, 1.165) is 41.3 Å². The Hall–Kier alpha value is -8.72. The van der Waals surface area contributed by atoms with Crippen LogP contribution in [0.3, 0.4) is 0 Å². The van der Waals surface area contributed by atoms with Crippen LogP contribution in [0, 0.1) is 0 Å². The van der Waals surface area contributed by atoms with E-state index in [2.05, 4.69) is 289 Å². The fourth-order valence-electron chi connectivity index (χ4n) is 9.47. The highest BCUT2D eigenvalue weighted by atomic mass is 15.2. The van der Waals surface area contributed by atoms with Gasteiger partial charge < -0.3 is 9.80 Å². The zero-order valence-electron chi connectivity index (χ0n) is 37.9. The van der Waals surface area contributed by atoms with Crippen molar-refractivity contribution in [1.29, 1.82) is 0 Å². The molecule has 0 saturated carbocycles. The molecule has 10 aromatic carbocycles. The summed E-state index contributed by atoms with van der Waals surface area (Å²) in [6.07, 6.45) is 6.50. The van der Waals surface area contributed by atoms with Gasteiger partial charge in [-0.15, -0.1) is 0 Å². The van der Waals surface area contributed by atoms with Gasteiger partial charge in [0.15, 0.2) is 0 Å². The number of anilines is 5. The summed E-state index contributed by atoms with van der Waals surface area (Å²) < 4.78 is 0.